The predicted octanol–water partition coefficient (Wildman–Crippen LogP) is 2.23. The van der Waals surface area contributed by atoms with E-state index in [1.54, 1.807) is 19.2 Å². The number of nitrogens with zero attached hydrogens (tertiary/aromatic N) is 2. The molecular weight excluding hydrogens is 302 g/mol. The molecule has 24 heavy (non-hydrogen) atoms. The summed E-state index contributed by atoms with van der Waals surface area (Å²) in [4.78, 5) is 17.1. The fourth-order valence-electron chi connectivity index (χ4n) is 3.01. The number of hydrogen-bond acceptors (Lipinski definition) is 4. The summed E-state index contributed by atoms with van der Waals surface area (Å²) in [5.41, 5.74) is 0.685. The average molecular weight is 333 g/mol. The number of likely N-dealkylation sites (N-methyl/N-ethyl adjacent to an activating group) is 1. The quantitative estimate of drug-likeness (QED) is 0.704. The Morgan fingerprint density at radius 1 is 1.04 bits per heavy atom. The summed E-state index contributed by atoms with van der Waals surface area (Å²) in [5.74, 6) is 0.764. The number of methoxy groups -OCH3 is 1. The van der Waals surface area contributed by atoms with Crippen molar-refractivity contribution in [3.63, 3.8) is 0 Å². The van der Waals surface area contributed by atoms with Crippen LogP contribution in [0.4, 0.5) is 0 Å². The first-order valence-electron chi connectivity index (χ1n) is 9.10. The number of hydrogen-bond donors (Lipinski definition) is 1. The third-order valence-electron chi connectivity index (χ3n) is 4.70. The van der Waals surface area contributed by atoms with E-state index in [9.17, 15) is 4.79 Å². The molecule has 1 aliphatic heterocycles. The Morgan fingerprint density at radius 2 is 1.71 bits per heavy atom. The van der Waals surface area contributed by atoms with Gasteiger partial charge in [0.1, 0.15) is 5.75 Å². The van der Waals surface area contributed by atoms with Gasteiger partial charge in [-0.05, 0) is 50.2 Å². The van der Waals surface area contributed by atoms with Gasteiger partial charge in [-0.15, -0.1) is 0 Å². The number of amides is 1. The van der Waals surface area contributed by atoms with Crippen LogP contribution in [0.3, 0.4) is 0 Å². The molecule has 1 heterocycles. The van der Waals surface area contributed by atoms with Crippen LogP contribution in [0.1, 0.15) is 36.5 Å². The molecule has 5 heteroatoms. The summed E-state index contributed by atoms with van der Waals surface area (Å²) in [6, 6.07) is 7.22. The summed E-state index contributed by atoms with van der Waals surface area (Å²) >= 11 is 0. The van der Waals surface area contributed by atoms with Crippen LogP contribution in [0.15, 0.2) is 24.3 Å². The van der Waals surface area contributed by atoms with Crippen LogP contribution < -0.4 is 10.1 Å². The Hall–Kier alpha value is -1.59. The zero-order chi connectivity index (χ0) is 17.2. The minimum atomic E-state index is -0.00617. The Balaban J connectivity index is 1.52. The van der Waals surface area contributed by atoms with Crippen LogP contribution >= 0.6 is 0 Å². The molecule has 1 saturated heterocycles. The first-order chi connectivity index (χ1) is 11.7. The normalized spacial score (nSPS) is 16.1. The Labute approximate surface area is 146 Å². The van der Waals surface area contributed by atoms with Crippen molar-refractivity contribution in [2.45, 2.75) is 26.2 Å². The van der Waals surface area contributed by atoms with E-state index in [2.05, 4.69) is 22.0 Å². The summed E-state index contributed by atoms with van der Waals surface area (Å²) in [7, 11) is 1.62. The molecule has 0 spiro atoms. The molecule has 0 bridgehead atoms. The molecule has 0 saturated carbocycles. The molecule has 5 nitrogen and oxygen atoms in total. The topological polar surface area (TPSA) is 44.8 Å². The fraction of sp³-hybridized carbons (Fsp3) is 0.632. The molecule has 0 atom stereocenters. The molecule has 1 amide bonds. The molecular formula is C19H31N3O2. The van der Waals surface area contributed by atoms with Crippen molar-refractivity contribution in [2.75, 3.05) is 52.9 Å². The zero-order valence-electron chi connectivity index (χ0n) is 15.1. The van der Waals surface area contributed by atoms with Gasteiger partial charge >= 0.3 is 0 Å². The van der Waals surface area contributed by atoms with Crippen molar-refractivity contribution in [3.05, 3.63) is 29.8 Å². The van der Waals surface area contributed by atoms with Crippen LogP contribution in [0.25, 0.3) is 0 Å². The summed E-state index contributed by atoms with van der Waals surface area (Å²) in [6.07, 6.45) is 3.41. The molecule has 1 aliphatic rings. The van der Waals surface area contributed by atoms with Crippen LogP contribution in [0.2, 0.25) is 0 Å². The van der Waals surface area contributed by atoms with Gasteiger partial charge in [0.15, 0.2) is 0 Å². The predicted molar refractivity (Wildman–Crippen MR) is 97.7 cm³/mol. The van der Waals surface area contributed by atoms with Gasteiger partial charge in [0.05, 0.1) is 7.11 Å². The lowest BCUT2D eigenvalue weighted by Gasteiger charge is -2.33. The van der Waals surface area contributed by atoms with E-state index >= 15 is 0 Å². The van der Waals surface area contributed by atoms with Crippen molar-refractivity contribution in [1.82, 2.24) is 15.1 Å². The van der Waals surface area contributed by atoms with Gasteiger partial charge in [0.25, 0.3) is 5.91 Å². The molecule has 0 aromatic heterocycles. The van der Waals surface area contributed by atoms with E-state index in [1.807, 2.05) is 12.1 Å². The molecule has 1 N–H and O–H groups in total. The maximum Gasteiger partial charge on any atom is 0.251 e. The third-order valence-corrected chi connectivity index (χ3v) is 4.70. The SMILES string of the molecule is CCN1CCN(CCCCCNC(=O)c2ccc(OC)cc2)CC1. The summed E-state index contributed by atoms with van der Waals surface area (Å²) < 4.78 is 5.10. The zero-order valence-corrected chi connectivity index (χ0v) is 15.1. The molecule has 0 unspecified atom stereocenters. The van der Waals surface area contributed by atoms with Crippen molar-refractivity contribution < 1.29 is 9.53 Å². The van der Waals surface area contributed by atoms with Crippen molar-refractivity contribution in [3.8, 4) is 5.75 Å². The van der Waals surface area contributed by atoms with Crippen LogP contribution in [-0.2, 0) is 0 Å². The maximum atomic E-state index is 12.0. The molecule has 0 radical (unpaired) electrons. The van der Waals surface area contributed by atoms with E-state index in [4.69, 9.17) is 4.74 Å². The minimum absolute atomic E-state index is 0.00617. The maximum absolute atomic E-state index is 12.0. The van der Waals surface area contributed by atoms with Gasteiger partial charge < -0.3 is 19.9 Å². The van der Waals surface area contributed by atoms with Crippen LogP contribution in [0, 0.1) is 0 Å². The Kier molecular flexibility index (Phi) is 8.05. The number of unbranched alkanes of at least 4 members (excludes halogenated alkanes) is 2. The fourth-order valence-corrected chi connectivity index (χ4v) is 3.01. The number of nitrogens with one attached hydrogen (secondary N) is 1. The van der Waals surface area contributed by atoms with E-state index in [0.717, 1.165) is 25.1 Å². The number of carbonyl (C=O) groups excluding carboxylic acids is 1. The number of ether oxygens (including phenoxy) is 1. The van der Waals surface area contributed by atoms with E-state index in [0.29, 0.717) is 5.56 Å². The van der Waals surface area contributed by atoms with E-state index in [1.165, 1.54) is 45.7 Å². The van der Waals surface area contributed by atoms with Crippen molar-refractivity contribution in [1.29, 1.82) is 0 Å². The van der Waals surface area contributed by atoms with Crippen LogP contribution in [0.5, 0.6) is 5.75 Å². The monoisotopic (exact) mass is 333 g/mol. The van der Waals surface area contributed by atoms with E-state index in [-0.39, 0.29) is 5.91 Å². The number of carbonyl (C=O) groups is 1. The second-order valence-electron chi connectivity index (χ2n) is 6.32. The molecule has 1 fully saturated rings. The highest BCUT2D eigenvalue weighted by atomic mass is 16.5. The number of rotatable bonds is 9. The standard InChI is InChI=1S/C19H31N3O2/c1-3-21-13-15-22(16-14-21)12-6-4-5-11-20-19(23)17-7-9-18(24-2)10-8-17/h7-10H,3-6,11-16H2,1-2H3,(H,20,23). The first-order valence-corrected chi connectivity index (χ1v) is 9.10. The first kappa shape index (κ1) is 18.7. The van der Waals surface area contributed by atoms with E-state index < -0.39 is 0 Å². The minimum Gasteiger partial charge on any atom is -0.497 e. The highest BCUT2D eigenvalue weighted by molar-refractivity contribution is 5.94. The average Bonchev–Trinajstić information content (AvgIpc) is 2.65. The summed E-state index contributed by atoms with van der Waals surface area (Å²) in [5, 5.41) is 2.99. The highest BCUT2D eigenvalue weighted by Crippen LogP contribution is 2.11. The lowest BCUT2D eigenvalue weighted by molar-refractivity contribution is 0.0952. The van der Waals surface area contributed by atoms with Gasteiger partial charge in [-0.25, -0.2) is 0 Å². The second kappa shape index (κ2) is 10.3. The lowest BCUT2D eigenvalue weighted by atomic mass is 10.2. The molecule has 1 aromatic carbocycles. The molecule has 134 valence electrons. The van der Waals surface area contributed by atoms with Gasteiger partial charge in [-0.3, -0.25) is 4.79 Å². The van der Waals surface area contributed by atoms with Gasteiger partial charge in [-0.1, -0.05) is 13.3 Å². The highest BCUT2D eigenvalue weighted by Gasteiger charge is 2.14. The van der Waals surface area contributed by atoms with Crippen molar-refractivity contribution in [2.24, 2.45) is 0 Å². The van der Waals surface area contributed by atoms with Crippen molar-refractivity contribution >= 4 is 5.91 Å². The molecule has 1 aromatic rings. The third kappa shape index (κ3) is 6.13. The Bertz CT molecular complexity index is 482. The largest absolute Gasteiger partial charge is 0.497 e. The lowest BCUT2D eigenvalue weighted by Crippen LogP contribution is -2.46. The number of piperazine rings is 1. The van der Waals surface area contributed by atoms with Crippen LogP contribution in [-0.4, -0.2) is 68.6 Å². The number of benzene rings is 1. The van der Waals surface area contributed by atoms with Gasteiger partial charge in [-0.2, -0.15) is 0 Å². The Morgan fingerprint density at radius 3 is 2.33 bits per heavy atom. The molecule has 2 rings (SSSR count). The smallest absolute Gasteiger partial charge is 0.251 e. The van der Waals surface area contributed by atoms with Gasteiger partial charge in [0.2, 0.25) is 0 Å². The second-order valence-corrected chi connectivity index (χ2v) is 6.32. The summed E-state index contributed by atoms with van der Waals surface area (Å²) in [6.45, 7) is 10.1. The van der Waals surface area contributed by atoms with Gasteiger partial charge in [0, 0.05) is 38.3 Å². The molecule has 0 aliphatic carbocycles.